The fourth-order valence-corrected chi connectivity index (χ4v) is 4.99. The van der Waals surface area contributed by atoms with Crippen molar-refractivity contribution in [1.82, 2.24) is 35.0 Å². The monoisotopic (exact) mass is 481 g/mol. The molecule has 1 aliphatic rings. The van der Waals surface area contributed by atoms with E-state index in [-0.39, 0.29) is 17.1 Å². The molecule has 3 aromatic rings. The van der Waals surface area contributed by atoms with Crippen molar-refractivity contribution < 1.29 is 4.74 Å². The molecule has 2 aromatic heterocycles. The molecule has 0 bridgehead atoms. The van der Waals surface area contributed by atoms with Gasteiger partial charge in [0.05, 0.1) is 30.3 Å². The summed E-state index contributed by atoms with van der Waals surface area (Å²) >= 11 is 0. The number of aromatic nitrogens is 5. The highest BCUT2D eigenvalue weighted by Crippen LogP contribution is 2.27. The van der Waals surface area contributed by atoms with Gasteiger partial charge in [0.2, 0.25) is 0 Å². The topological polar surface area (TPSA) is 92.2 Å². The zero-order valence-corrected chi connectivity index (χ0v) is 22.0. The number of hydrogen-bond acceptors (Lipinski definition) is 7. The minimum atomic E-state index is -0.238. The molecule has 1 atom stereocenters. The first-order valence-corrected chi connectivity index (χ1v) is 12.6. The first-order chi connectivity index (χ1) is 16.7. The van der Waals surface area contributed by atoms with Gasteiger partial charge in [-0.1, -0.05) is 18.6 Å². The molecule has 1 aliphatic heterocycles. The lowest BCUT2D eigenvalue weighted by Crippen LogP contribution is -2.43. The number of H-pyrrole nitrogens is 1. The molecule has 9 nitrogen and oxygen atoms in total. The Morgan fingerprint density at radius 2 is 1.91 bits per heavy atom. The van der Waals surface area contributed by atoms with Crippen LogP contribution in [0.3, 0.4) is 0 Å². The number of hydrogen-bond donors (Lipinski definition) is 1. The molecule has 3 heterocycles. The Labute approximate surface area is 207 Å². The lowest BCUT2D eigenvalue weighted by molar-refractivity contribution is 0.0289. The highest BCUT2D eigenvalue weighted by molar-refractivity contribution is 5.82. The summed E-state index contributed by atoms with van der Waals surface area (Å²) in [4.78, 5) is 21.1. The van der Waals surface area contributed by atoms with Gasteiger partial charge in [-0.15, -0.1) is 5.10 Å². The highest BCUT2D eigenvalue weighted by Gasteiger charge is 2.30. The van der Waals surface area contributed by atoms with Crippen molar-refractivity contribution in [3.63, 3.8) is 0 Å². The van der Waals surface area contributed by atoms with E-state index >= 15 is 0 Å². The number of pyridine rings is 1. The Morgan fingerprint density at radius 3 is 2.60 bits per heavy atom. The van der Waals surface area contributed by atoms with E-state index in [4.69, 9.17) is 4.74 Å². The van der Waals surface area contributed by atoms with Gasteiger partial charge in [-0.05, 0) is 74.5 Å². The second-order valence-electron chi connectivity index (χ2n) is 10.6. The molecule has 1 fully saturated rings. The zero-order chi connectivity index (χ0) is 25.2. The molecule has 0 radical (unpaired) electrons. The number of rotatable bonds is 8. The van der Waals surface area contributed by atoms with Crippen molar-refractivity contribution in [2.75, 3.05) is 39.4 Å². The lowest BCUT2D eigenvalue weighted by Gasteiger charge is -2.34. The van der Waals surface area contributed by atoms with Crippen LogP contribution in [0.15, 0.2) is 23.0 Å². The van der Waals surface area contributed by atoms with Crippen LogP contribution in [0.5, 0.6) is 0 Å². The number of aryl methyl sites for hydroxylation is 2. The van der Waals surface area contributed by atoms with E-state index in [1.807, 2.05) is 11.6 Å². The fourth-order valence-electron chi connectivity index (χ4n) is 4.99. The maximum Gasteiger partial charge on any atom is 0.252 e. The molecule has 0 amide bonds. The number of tetrazole rings is 1. The van der Waals surface area contributed by atoms with Crippen LogP contribution in [0.25, 0.3) is 10.9 Å². The molecule has 1 aromatic carbocycles. The molecule has 190 valence electrons. The highest BCUT2D eigenvalue weighted by atomic mass is 16.5. The number of morpholine rings is 1. The first-order valence-electron chi connectivity index (χ1n) is 12.6. The molecule has 0 spiro atoms. The second-order valence-corrected chi connectivity index (χ2v) is 10.6. The van der Waals surface area contributed by atoms with Gasteiger partial charge >= 0.3 is 0 Å². The molecule has 1 saturated heterocycles. The Kier molecular flexibility index (Phi) is 7.68. The fraction of sp³-hybridized carbons (Fsp3) is 0.615. The van der Waals surface area contributed by atoms with E-state index in [0.717, 1.165) is 73.7 Å². The third-order valence-corrected chi connectivity index (χ3v) is 6.81. The molecule has 35 heavy (non-hydrogen) atoms. The van der Waals surface area contributed by atoms with Gasteiger partial charge in [0.1, 0.15) is 0 Å². The van der Waals surface area contributed by atoms with Crippen molar-refractivity contribution in [3.05, 3.63) is 51.1 Å². The van der Waals surface area contributed by atoms with Crippen LogP contribution in [0.2, 0.25) is 0 Å². The van der Waals surface area contributed by atoms with Crippen LogP contribution < -0.4 is 5.56 Å². The van der Waals surface area contributed by atoms with Gasteiger partial charge < -0.3 is 9.72 Å². The zero-order valence-electron chi connectivity index (χ0n) is 22.0. The third kappa shape index (κ3) is 5.79. The third-order valence-electron chi connectivity index (χ3n) is 6.81. The van der Waals surface area contributed by atoms with Crippen LogP contribution >= 0.6 is 0 Å². The minimum Gasteiger partial charge on any atom is -0.379 e. The summed E-state index contributed by atoms with van der Waals surface area (Å²) in [6.07, 6.45) is 0.837. The van der Waals surface area contributed by atoms with Crippen LogP contribution in [0.1, 0.15) is 62.7 Å². The van der Waals surface area contributed by atoms with Gasteiger partial charge in [-0.3, -0.25) is 14.6 Å². The van der Waals surface area contributed by atoms with Gasteiger partial charge in [-0.2, -0.15) is 0 Å². The normalized spacial score (nSPS) is 16.3. The number of aromatic amines is 1. The maximum atomic E-state index is 13.2. The van der Waals surface area contributed by atoms with E-state index in [1.165, 1.54) is 5.56 Å². The summed E-state index contributed by atoms with van der Waals surface area (Å²) in [5, 5.41) is 13.8. The average Bonchev–Trinajstić information content (AvgIpc) is 3.30. The quantitative estimate of drug-likeness (QED) is 0.528. The summed E-state index contributed by atoms with van der Waals surface area (Å²) in [6, 6.07) is 6.28. The van der Waals surface area contributed by atoms with E-state index in [2.05, 4.69) is 83.1 Å². The predicted molar refractivity (Wildman–Crippen MR) is 138 cm³/mol. The largest absolute Gasteiger partial charge is 0.379 e. The van der Waals surface area contributed by atoms with Crippen molar-refractivity contribution in [2.24, 2.45) is 0 Å². The van der Waals surface area contributed by atoms with E-state index in [1.54, 1.807) is 0 Å². The molecular formula is C26H39N7O2. The first kappa shape index (κ1) is 25.5. The molecular weight excluding hydrogens is 442 g/mol. The van der Waals surface area contributed by atoms with Gasteiger partial charge in [0, 0.05) is 38.3 Å². The molecule has 0 aliphatic carbocycles. The molecule has 0 saturated carbocycles. The Morgan fingerprint density at radius 1 is 1.17 bits per heavy atom. The van der Waals surface area contributed by atoms with Crippen molar-refractivity contribution in [2.45, 2.75) is 66.1 Å². The Bertz CT molecular complexity index is 1200. The summed E-state index contributed by atoms with van der Waals surface area (Å²) < 4.78 is 7.45. The summed E-state index contributed by atoms with van der Waals surface area (Å²) in [5.41, 5.74) is 3.67. The SMILES string of the molecule is CC[C@H](c1nnnn1C(C)(C)C)N(CCN1CCOCC1)Cc1cc2cc(C)cc(C)c2[nH]c1=O. The van der Waals surface area contributed by atoms with Crippen LogP contribution in [0, 0.1) is 13.8 Å². The number of ether oxygens (including phenoxy) is 1. The van der Waals surface area contributed by atoms with Gasteiger partial charge in [0.25, 0.3) is 5.56 Å². The Hall–Kier alpha value is -2.62. The Balaban J connectivity index is 1.69. The number of benzene rings is 1. The molecule has 0 unspecified atom stereocenters. The van der Waals surface area contributed by atoms with E-state index in [0.29, 0.717) is 6.54 Å². The van der Waals surface area contributed by atoms with Crippen LogP contribution in [-0.2, 0) is 16.8 Å². The maximum absolute atomic E-state index is 13.2. The number of nitrogens with one attached hydrogen (secondary N) is 1. The minimum absolute atomic E-state index is 0.0143. The molecule has 1 N–H and O–H groups in total. The van der Waals surface area contributed by atoms with Crippen LogP contribution in [-0.4, -0.2) is 74.4 Å². The molecule has 4 rings (SSSR count). The van der Waals surface area contributed by atoms with Crippen molar-refractivity contribution in [3.8, 4) is 0 Å². The average molecular weight is 482 g/mol. The van der Waals surface area contributed by atoms with E-state index < -0.39 is 0 Å². The number of fused-ring (bicyclic) bond motifs is 1. The van der Waals surface area contributed by atoms with Gasteiger partial charge in [0.15, 0.2) is 5.82 Å². The summed E-state index contributed by atoms with van der Waals surface area (Å²) in [7, 11) is 0. The summed E-state index contributed by atoms with van der Waals surface area (Å²) in [6.45, 7) is 18.2. The number of nitrogens with zero attached hydrogens (tertiary/aromatic N) is 6. The van der Waals surface area contributed by atoms with Crippen molar-refractivity contribution in [1.29, 1.82) is 0 Å². The van der Waals surface area contributed by atoms with Crippen LogP contribution in [0.4, 0.5) is 0 Å². The van der Waals surface area contributed by atoms with E-state index in [9.17, 15) is 4.79 Å². The second kappa shape index (κ2) is 10.6. The lowest BCUT2D eigenvalue weighted by atomic mass is 10.0. The standard InChI is InChI=1S/C26H39N7O2/c1-7-22(24-28-29-30-33(24)26(4,5)6)32(9-8-31-10-12-35-13-11-31)17-21-16-20-15-18(2)14-19(3)23(20)27-25(21)34/h14-16,22H,7-13,17H2,1-6H3,(H,27,34)/t22-/m1/s1. The smallest absolute Gasteiger partial charge is 0.252 e. The van der Waals surface area contributed by atoms with Gasteiger partial charge in [-0.25, -0.2) is 4.68 Å². The van der Waals surface area contributed by atoms with Crippen molar-refractivity contribution >= 4 is 10.9 Å². The predicted octanol–water partition coefficient (Wildman–Crippen LogP) is 3.17. The molecule has 9 heteroatoms. The summed E-state index contributed by atoms with van der Waals surface area (Å²) in [5.74, 6) is 0.839.